The number of carboxylic acids is 1. The van der Waals surface area contributed by atoms with Crippen LogP contribution in [0.5, 0.6) is 0 Å². The van der Waals surface area contributed by atoms with Crippen LogP contribution in [0.2, 0.25) is 0 Å². The minimum atomic E-state index is -1.07. The van der Waals surface area contributed by atoms with Gasteiger partial charge in [0.05, 0.1) is 0 Å². The Kier molecular flexibility index (Phi) is 3.24. The van der Waals surface area contributed by atoms with Gasteiger partial charge >= 0.3 is 5.97 Å². The highest BCUT2D eigenvalue weighted by Gasteiger charge is 2.13. The normalized spacial score (nSPS) is 19.6. The topological polar surface area (TPSA) is 75.4 Å². The molecule has 1 aliphatic carbocycles. The van der Waals surface area contributed by atoms with E-state index in [0.717, 1.165) is 32.1 Å². The molecule has 0 saturated carbocycles. The summed E-state index contributed by atoms with van der Waals surface area (Å²) < 4.78 is 5.00. The number of allylic oxidation sites excluding steroid dienone is 2. The Balaban J connectivity index is 1.84. The Morgan fingerprint density at radius 3 is 3.12 bits per heavy atom. The van der Waals surface area contributed by atoms with Gasteiger partial charge in [0.15, 0.2) is 5.69 Å². The monoisotopic (exact) mass is 222 g/mol. The molecule has 5 nitrogen and oxygen atoms in total. The van der Waals surface area contributed by atoms with Crippen LogP contribution in [-0.2, 0) is 0 Å². The van der Waals surface area contributed by atoms with E-state index < -0.39 is 5.97 Å². The third kappa shape index (κ3) is 2.62. The number of aromatic nitrogens is 1. The van der Waals surface area contributed by atoms with Crippen LogP contribution in [0.1, 0.15) is 29.8 Å². The first-order valence-corrected chi connectivity index (χ1v) is 5.33. The summed E-state index contributed by atoms with van der Waals surface area (Å²) in [6.45, 7) is 0.768. The first-order valence-electron chi connectivity index (χ1n) is 5.33. The summed E-state index contributed by atoms with van der Waals surface area (Å²) in [5.41, 5.74) is -0.0639. The van der Waals surface area contributed by atoms with E-state index in [0.29, 0.717) is 5.92 Å². The van der Waals surface area contributed by atoms with Crippen LogP contribution >= 0.6 is 0 Å². The molecule has 0 aliphatic heterocycles. The lowest BCUT2D eigenvalue weighted by Crippen LogP contribution is -2.15. The number of hydrogen-bond donors (Lipinski definition) is 2. The van der Waals surface area contributed by atoms with Crippen molar-refractivity contribution in [2.45, 2.75) is 19.3 Å². The summed E-state index contributed by atoms with van der Waals surface area (Å²) in [6.07, 6.45) is 8.82. The van der Waals surface area contributed by atoms with Gasteiger partial charge in [-0.1, -0.05) is 12.2 Å². The van der Waals surface area contributed by atoms with Crippen LogP contribution < -0.4 is 5.32 Å². The van der Waals surface area contributed by atoms with Crippen molar-refractivity contribution in [3.8, 4) is 0 Å². The first kappa shape index (κ1) is 10.7. The third-order valence-corrected chi connectivity index (χ3v) is 2.64. The molecule has 1 unspecified atom stereocenters. The summed E-state index contributed by atoms with van der Waals surface area (Å²) in [5.74, 6) is -0.498. The minimum Gasteiger partial charge on any atom is -0.476 e. The van der Waals surface area contributed by atoms with E-state index in [1.807, 2.05) is 0 Å². The highest BCUT2D eigenvalue weighted by Crippen LogP contribution is 2.18. The Hall–Kier alpha value is -1.78. The van der Waals surface area contributed by atoms with Crippen LogP contribution in [0.15, 0.2) is 22.8 Å². The van der Waals surface area contributed by atoms with Crippen molar-refractivity contribution in [3.05, 3.63) is 24.1 Å². The molecular weight excluding hydrogens is 208 g/mol. The van der Waals surface area contributed by atoms with Gasteiger partial charge in [0.25, 0.3) is 6.01 Å². The molecule has 0 fully saturated rings. The zero-order chi connectivity index (χ0) is 11.4. The fraction of sp³-hybridized carbons (Fsp3) is 0.455. The standard InChI is InChI=1S/C11H14N2O3/c14-10(15)9-7-16-11(13-9)12-6-8-4-2-1-3-5-8/h1-2,7-8H,3-6H2,(H,12,13)(H,14,15). The van der Waals surface area contributed by atoms with Crippen LogP contribution in [0, 0.1) is 5.92 Å². The van der Waals surface area contributed by atoms with E-state index in [-0.39, 0.29) is 11.7 Å². The molecule has 1 heterocycles. The van der Waals surface area contributed by atoms with Crippen molar-refractivity contribution >= 4 is 12.0 Å². The number of rotatable bonds is 4. The number of aromatic carboxylic acids is 1. The van der Waals surface area contributed by atoms with E-state index in [1.165, 1.54) is 0 Å². The van der Waals surface area contributed by atoms with Gasteiger partial charge in [-0.05, 0) is 25.2 Å². The fourth-order valence-corrected chi connectivity index (χ4v) is 1.73. The van der Waals surface area contributed by atoms with Gasteiger partial charge in [0.1, 0.15) is 6.26 Å². The maximum Gasteiger partial charge on any atom is 0.357 e. The largest absolute Gasteiger partial charge is 0.476 e. The van der Waals surface area contributed by atoms with Crippen molar-refractivity contribution in [1.82, 2.24) is 4.98 Å². The molecule has 0 bridgehead atoms. The zero-order valence-electron chi connectivity index (χ0n) is 8.85. The molecule has 0 aromatic carbocycles. The minimum absolute atomic E-state index is 0.0639. The first-order chi connectivity index (χ1) is 7.75. The third-order valence-electron chi connectivity index (χ3n) is 2.64. The highest BCUT2D eigenvalue weighted by atomic mass is 16.4. The zero-order valence-corrected chi connectivity index (χ0v) is 8.85. The molecule has 2 rings (SSSR count). The van der Waals surface area contributed by atoms with Gasteiger partial charge < -0.3 is 14.8 Å². The van der Waals surface area contributed by atoms with Crippen LogP contribution in [0.4, 0.5) is 6.01 Å². The molecule has 0 radical (unpaired) electrons. The van der Waals surface area contributed by atoms with Crippen molar-refractivity contribution in [3.63, 3.8) is 0 Å². The second kappa shape index (κ2) is 4.83. The van der Waals surface area contributed by atoms with E-state index >= 15 is 0 Å². The highest BCUT2D eigenvalue weighted by molar-refractivity contribution is 5.85. The average Bonchev–Trinajstić information content (AvgIpc) is 2.76. The molecule has 86 valence electrons. The molecule has 1 aromatic heterocycles. The molecule has 1 atom stereocenters. The van der Waals surface area contributed by atoms with Crippen LogP contribution in [0.25, 0.3) is 0 Å². The Bertz CT molecular complexity index is 398. The summed E-state index contributed by atoms with van der Waals surface area (Å²) in [4.78, 5) is 14.4. The molecular formula is C11H14N2O3. The molecule has 0 saturated heterocycles. The number of oxazole rings is 1. The van der Waals surface area contributed by atoms with E-state index in [9.17, 15) is 4.79 Å². The molecule has 0 amide bonds. The molecule has 16 heavy (non-hydrogen) atoms. The number of hydrogen-bond acceptors (Lipinski definition) is 4. The predicted octanol–water partition coefficient (Wildman–Crippen LogP) is 2.14. The fourth-order valence-electron chi connectivity index (χ4n) is 1.73. The van der Waals surface area contributed by atoms with Crippen molar-refractivity contribution in [1.29, 1.82) is 0 Å². The Morgan fingerprint density at radius 1 is 1.62 bits per heavy atom. The molecule has 1 aliphatic rings. The maximum atomic E-state index is 10.6. The summed E-state index contributed by atoms with van der Waals surface area (Å²) in [6, 6.07) is 0.284. The van der Waals surface area contributed by atoms with Crippen LogP contribution in [0.3, 0.4) is 0 Å². The number of nitrogens with one attached hydrogen (secondary N) is 1. The Morgan fingerprint density at radius 2 is 2.50 bits per heavy atom. The lowest BCUT2D eigenvalue weighted by molar-refractivity contribution is 0.0690. The lowest BCUT2D eigenvalue weighted by atomic mass is 9.94. The Labute approximate surface area is 93.2 Å². The second-order valence-corrected chi connectivity index (χ2v) is 3.87. The van der Waals surface area contributed by atoms with Gasteiger partial charge in [-0.3, -0.25) is 0 Å². The average molecular weight is 222 g/mol. The smallest absolute Gasteiger partial charge is 0.357 e. The summed E-state index contributed by atoms with van der Waals surface area (Å²) in [7, 11) is 0. The SMILES string of the molecule is O=C(O)c1coc(NCC2CC=CCC2)n1. The molecule has 1 aromatic rings. The van der Waals surface area contributed by atoms with E-state index in [4.69, 9.17) is 9.52 Å². The number of carbonyl (C=O) groups is 1. The van der Waals surface area contributed by atoms with E-state index in [1.54, 1.807) is 0 Å². The summed E-state index contributed by atoms with van der Waals surface area (Å²) in [5, 5.41) is 11.7. The number of nitrogens with zero attached hydrogens (tertiary/aromatic N) is 1. The van der Waals surface area contributed by atoms with Crippen molar-refractivity contribution < 1.29 is 14.3 Å². The van der Waals surface area contributed by atoms with Crippen molar-refractivity contribution in [2.75, 3.05) is 11.9 Å². The number of anilines is 1. The van der Waals surface area contributed by atoms with Gasteiger partial charge in [0, 0.05) is 6.54 Å². The van der Waals surface area contributed by atoms with Crippen molar-refractivity contribution in [2.24, 2.45) is 5.92 Å². The number of carboxylic acid groups (broad SMARTS) is 1. The lowest BCUT2D eigenvalue weighted by Gasteiger charge is -2.17. The molecule has 5 heteroatoms. The van der Waals surface area contributed by atoms with E-state index in [2.05, 4.69) is 22.5 Å². The molecule has 0 spiro atoms. The molecule has 2 N–H and O–H groups in total. The second-order valence-electron chi connectivity index (χ2n) is 3.87. The quantitative estimate of drug-likeness (QED) is 0.763. The van der Waals surface area contributed by atoms with Crippen LogP contribution in [-0.4, -0.2) is 22.6 Å². The van der Waals surface area contributed by atoms with Gasteiger partial charge in [-0.2, -0.15) is 4.98 Å². The van der Waals surface area contributed by atoms with Gasteiger partial charge in [-0.15, -0.1) is 0 Å². The van der Waals surface area contributed by atoms with Gasteiger partial charge in [-0.25, -0.2) is 4.79 Å². The predicted molar refractivity (Wildman–Crippen MR) is 58.4 cm³/mol. The maximum absolute atomic E-state index is 10.6. The summed E-state index contributed by atoms with van der Waals surface area (Å²) >= 11 is 0. The van der Waals surface area contributed by atoms with Gasteiger partial charge in [0.2, 0.25) is 0 Å².